The van der Waals surface area contributed by atoms with E-state index in [0.29, 0.717) is 31.5 Å². The average Bonchev–Trinajstić information content (AvgIpc) is 2.68. The zero-order valence-electron chi connectivity index (χ0n) is 15.8. The Balaban J connectivity index is 0.00000182. The fourth-order valence-electron chi connectivity index (χ4n) is 4.05. The van der Waals surface area contributed by atoms with Crippen LogP contribution < -0.4 is 10.6 Å². The Morgan fingerprint density at radius 1 is 0.926 bits per heavy atom. The Morgan fingerprint density at radius 2 is 1.48 bits per heavy atom. The van der Waals surface area contributed by atoms with Crippen LogP contribution in [-0.2, 0) is 14.4 Å². The van der Waals surface area contributed by atoms with Crippen molar-refractivity contribution >= 4 is 36.7 Å². The van der Waals surface area contributed by atoms with Gasteiger partial charge in [-0.1, -0.05) is 0 Å². The molecule has 0 aromatic heterocycles. The average molecular weight is 423 g/mol. The van der Waals surface area contributed by atoms with E-state index < -0.39 is 5.97 Å². The molecule has 0 unspecified atom stereocenters. The van der Waals surface area contributed by atoms with Crippen LogP contribution in [0.2, 0.25) is 0 Å². The number of carbonyl (C=O) groups is 1. The monoisotopic (exact) mass is 422 g/mol. The van der Waals surface area contributed by atoms with E-state index in [-0.39, 0.29) is 30.4 Å². The lowest BCUT2D eigenvalue weighted by atomic mass is 9.91. The van der Waals surface area contributed by atoms with Gasteiger partial charge in [0.1, 0.15) is 11.5 Å². The molecule has 0 spiro atoms. The van der Waals surface area contributed by atoms with Crippen molar-refractivity contribution in [2.24, 2.45) is 5.92 Å². The number of hydrogen-bond acceptors (Lipinski definition) is 7. The zero-order valence-corrected chi connectivity index (χ0v) is 17.4. The molecule has 156 valence electrons. The van der Waals surface area contributed by atoms with Crippen LogP contribution in [0.5, 0.6) is 0 Å². The topological polar surface area (TPSA) is 73.9 Å². The largest absolute Gasteiger partial charge is 0.364 e. The van der Waals surface area contributed by atoms with Crippen molar-refractivity contribution in [2.45, 2.75) is 38.1 Å². The van der Waals surface area contributed by atoms with Gasteiger partial charge in [0.05, 0.1) is 0 Å². The summed E-state index contributed by atoms with van der Waals surface area (Å²) in [6.07, 6.45) is 4.85. The third kappa shape index (κ3) is 7.35. The Morgan fingerprint density at radius 3 is 2.04 bits per heavy atom. The van der Waals surface area contributed by atoms with Gasteiger partial charge in [-0.15, -0.1) is 29.9 Å². The molecule has 0 bridgehead atoms. The first kappa shape index (κ1) is 24.4. The molecule has 0 amide bonds. The van der Waals surface area contributed by atoms with E-state index in [0.717, 1.165) is 52.1 Å². The number of carbonyl (C=O) groups excluding carboxylic acids is 2. The predicted molar refractivity (Wildman–Crippen MR) is 109 cm³/mol. The van der Waals surface area contributed by atoms with E-state index in [2.05, 4.69) is 15.5 Å². The first-order chi connectivity index (χ1) is 12.3. The Hall–Kier alpha value is -0.660. The zero-order chi connectivity index (χ0) is 17.5. The van der Waals surface area contributed by atoms with E-state index in [1.54, 1.807) is 5.06 Å². The second kappa shape index (κ2) is 12.7. The molecule has 9 heteroatoms. The fourth-order valence-corrected chi connectivity index (χ4v) is 4.05. The van der Waals surface area contributed by atoms with Crippen LogP contribution in [0.3, 0.4) is 0 Å². The number of halogens is 2. The number of nitrogens with zero attached hydrogens (tertiary/aromatic N) is 2. The van der Waals surface area contributed by atoms with Gasteiger partial charge >= 0.3 is 5.97 Å². The molecule has 0 saturated carbocycles. The van der Waals surface area contributed by atoms with E-state index in [1.807, 2.05) is 5.94 Å². The van der Waals surface area contributed by atoms with Crippen molar-refractivity contribution in [1.82, 2.24) is 20.6 Å². The van der Waals surface area contributed by atoms with Gasteiger partial charge in [-0.3, -0.25) is 4.90 Å². The Bertz CT molecular complexity index is 497. The van der Waals surface area contributed by atoms with E-state index in [9.17, 15) is 9.59 Å². The number of nitrogens with one attached hydrogen (secondary N) is 2. The highest BCUT2D eigenvalue weighted by molar-refractivity contribution is 5.96. The Labute approximate surface area is 174 Å². The van der Waals surface area contributed by atoms with Gasteiger partial charge < -0.3 is 15.5 Å². The molecule has 27 heavy (non-hydrogen) atoms. The Kier molecular flexibility index (Phi) is 11.5. The highest BCUT2D eigenvalue weighted by atomic mass is 35.5. The van der Waals surface area contributed by atoms with Crippen LogP contribution in [0.15, 0.2) is 5.57 Å². The van der Waals surface area contributed by atoms with Gasteiger partial charge in [0.2, 0.25) is 0 Å². The summed E-state index contributed by atoms with van der Waals surface area (Å²) in [5.74, 6) is 1.69. The van der Waals surface area contributed by atoms with Crippen molar-refractivity contribution in [1.29, 1.82) is 0 Å². The summed E-state index contributed by atoms with van der Waals surface area (Å²) in [5, 5.41) is 8.39. The first-order valence-corrected chi connectivity index (χ1v) is 9.63. The van der Waals surface area contributed by atoms with Crippen LogP contribution >= 0.6 is 24.8 Å². The van der Waals surface area contributed by atoms with Crippen molar-refractivity contribution in [3.8, 4) is 0 Å². The van der Waals surface area contributed by atoms with Crippen LogP contribution in [0.25, 0.3) is 0 Å². The standard InChI is InChI=1S/C18H30N4O3.2ClH/c23-14-16(13-15-1-5-19-6-2-15)18(24)25-22-11-9-21(10-12-22)17-3-7-20-8-4-17;;/h15,17,19-20H,1-13H2;2*1H. The number of hydroxylamine groups is 2. The molecule has 3 rings (SSSR count). The molecule has 7 nitrogen and oxygen atoms in total. The molecule has 3 saturated heterocycles. The van der Waals surface area contributed by atoms with Gasteiger partial charge in [0.15, 0.2) is 0 Å². The molecule has 0 aromatic carbocycles. The smallest absolute Gasteiger partial charge is 0.363 e. The lowest BCUT2D eigenvalue weighted by Gasteiger charge is -2.39. The molecule has 0 atom stereocenters. The summed E-state index contributed by atoms with van der Waals surface area (Å²) in [6.45, 7) is 7.30. The fraction of sp³-hybridized carbons (Fsp3) is 0.833. The summed E-state index contributed by atoms with van der Waals surface area (Å²) in [7, 11) is 0. The minimum atomic E-state index is -0.510. The predicted octanol–water partition coefficient (Wildman–Crippen LogP) is 0.806. The molecule has 2 N–H and O–H groups in total. The number of rotatable bonds is 5. The van der Waals surface area contributed by atoms with Gasteiger partial charge in [-0.05, 0) is 64.2 Å². The minimum Gasteiger partial charge on any atom is -0.363 e. The minimum absolute atomic E-state index is 0. The van der Waals surface area contributed by atoms with Gasteiger partial charge in [0, 0.05) is 32.2 Å². The van der Waals surface area contributed by atoms with E-state index in [4.69, 9.17) is 4.84 Å². The van der Waals surface area contributed by atoms with Crippen molar-refractivity contribution in [3.63, 3.8) is 0 Å². The van der Waals surface area contributed by atoms with Crippen molar-refractivity contribution in [2.75, 3.05) is 52.4 Å². The molecule has 3 fully saturated rings. The molecule has 0 aromatic rings. The quantitative estimate of drug-likeness (QED) is 0.501. The molecule has 0 radical (unpaired) electrons. The molecule has 3 aliphatic rings. The summed E-state index contributed by atoms with van der Waals surface area (Å²) in [5.41, 5.74) is 0.160. The summed E-state index contributed by atoms with van der Waals surface area (Å²) >= 11 is 0. The maximum absolute atomic E-state index is 12.3. The SMILES string of the molecule is Cl.Cl.O=C=C(CC1CCNCC1)C(=O)ON1CCN(C2CCNCC2)CC1. The summed E-state index contributed by atoms with van der Waals surface area (Å²) in [6, 6.07) is 0.643. The molecule has 3 heterocycles. The lowest BCUT2D eigenvalue weighted by Crippen LogP contribution is -2.53. The van der Waals surface area contributed by atoms with E-state index >= 15 is 0 Å². The van der Waals surface area contributed by atoms with Crippen molar-refractivity contribution in [3.05, 3.63) is 5.57 Å². The molecular formula is C18H32Cl2N4O3. The van der Waals surface area contributed by atoms with Gasteiger partial charge in [-0.25, -0.2) is 9.59 Å². The maximum Gasteiger partial charge on any atom is 0.364 e. The lowest BCUT2D eigenvalue weighted by molar-refractivity contribution is -0.194. The molecule has 0 aliphatic carbocycles. The van der Waals surface area contributed by atoms with Gasteiger partial charge in [0.25, 0.3) is 0 Å². The first-order valence-electron chi connectivity index (χ1n) is 9.63. The van der Waals surface area contributed by atoms with E-state index in [1.165, 1.54) is 12.8 Å². The summed E-state index contributed by atoms with van der Waals surface area (Å²) < 4.78 is 0. The normalized spacial score (nSPS) is 22.8. The van der Waals surface area contributed by atoms with Crippen LogP contribution in [0.4, 0.5) is 0 Å². The maximum atomic E-state index is 12.3. The highest BCUT2D eigenvalue weighted by Gasteiger charge is 2.28. The summed E-state index contributed by atoms with van der Waals surface area (Å²) in [4.78, 5) is 31.5. The number of piperazine rings is 1. The molecular weight excluding hydrogens is 391 g/mol. The van der Waals surface area contributed by atoms with Crippen LogP contribution in [0, 0.1) is 5.92 Å². The second-order valence-electron chi connectivity index (χ2n) is 7.30. The number of piperidine rings is 2. The third-order valence-corrected chi connectivity index (χ3v) is 5.63. The van der Waals surface area contributed by atoms with Crippen LogP contribution in [0.1, 0.15) is 32.1 Å². The van der Waals surface area contributed by atoms with Gasteiger partial charge in [-0.2, -0.15) is 0 Å². The highest BCUT2D eigenvalue weighted by Crippen LogP contribution is 2.21. The third-order valence-electron chi connectivity index (χ3n) is 5.63. The van der Waals surface area contributed by atoms with Crippen molar-refractivity contribution < 1.29 is 14.4 Å². The number of hydrogen-bond donors (Lipinski definition) is 2. The second-order valence-corrected chi connectivity index (χ2v) is 7.30. The van der Waals surface area contributed by atoms with Crippen LogP contribution in [-0.4, -0.2) is 80.3 Å². The molecule has 3 aliphatic heterocycles.